The van der Waals surface area contributed by atoms with E-state index in [2.05, 4.69) is 26.8 Å². The number of fused-ring (bicyclic) bond motifs is 4. The highest BCUT2D eigenvalue weighted by atomic mass is 16.5. The molecule has 1 N–H and O–H groups in total. The van der Waals surface area contributed by atoms with Crippen molar-refractivity contribution >= 4 is 5.97 Å². The van der Waals surface area contributed by atoms with Crippen molar-refractivity contribution in [2.45, 2.75) is 97.5 Å². The first-order chi connectivity index (χ1) is 14.3. The fraction of sp³-hybridized carbons (Fsp3) is 0.889. The number of ether oxygens (including phenoxy) is 1. The average molecular weight is 415 g/mol. The zero-order chi connectivity index (χ0) is 21.1. The molecule has 0 aromatic rings. The molecule has 1 saturated heterocycles. The van der Waals surface area contributed by atoms with E-state index < -0.39 is 0 Å². The van der Waals surface area contributed by atoms with Crippen LogP contribution in [0.25, 0.3) is 0 Å². The van der Waals surface area contributed by atoms with Crippen LogP contribution >= 0.6 is 0 Å². The number of rotatable bonds is 4. The number of cyclic esters (lactones) is 1. The highest BCUT2D eigenvalue weighted by Crippen LogP contribution is 2.67. The smallest absolute Gasteiger partial charge is 0.309 e. The molecule has 30 heavy (non-hydrogen) atoms. The Bertz CT molecular complexity index is 711. The predicted molar refractivity (Wildman–Crippen MR) is 119 cm³/mol. The van der Waals surface area contributed by atoms with E-state index >= 15 is 0 Å². The third-order valence-corrected chi connectivity index (χ3v) is 10.4. The van der Waals surface area contributed by atoms with Crippen molar-refractivity contribution in [2.24, 2.45) is 46.3 Å². The second-order valence-corrected chi connectivity index (χ2v) is 12.2. The standard InChI is InChI=1S/C27H42O3/c1-17(2)5-4-6-21-24-10-9-23-20-8-7-18-15-19(28)11-13-26(18,3)22(20)12-14-27(23,24)16-30-25(21)29/h12,17-21,23-24,28H,4-11,13-16H2,1-3H3/t18-,19-,20-,21+,23+,24-,26+,27-/m1/s1. The lowest BCUT2D eigenvalue weighted by Gasteiger charge is -2.58. The maximum Gasteiger partial charge on any atom is 0.309 e. The van der Waals surface area contributed by atoms with Crippen molar-refractivity contribution in [2.75, 3.05) is 6.61 Å². The van der Waals surface area contributed by atoms with Crippen LogP contribution in [0.3, 0.4) is 0 Å². The van der Waals surface area contributed by atoms with E-state index in [1.165, 1.54) is 32.1 Å². The number of esters is 1. The summed E-state index contributed by atoms with van der Waals surface area (Å²) in [6, 6.07) is 0. The van der Waals surface area contributed by atoms with Crippen LogP contribution in [0.2, 0.25) is 0 Å². The lowest BCUT2D eigenvalue weighted by atomic mass is 9.48. The Morgan fingerprint density at radius 3 is 2.77 bits per heavy atom. The second kappa shape index (κ2) is 7.64. The Kier molecular flexibility index (Phi) is 5.36. The van der Waals surface area contributed by atoms with Gasteiger partial charge in [-0.05, 0) is 92.8 Å². The van der Waals surface area contributed by atoms with Crippen LogP contribution in [0.1, 0.15) is 91.4 Å². The van der Waals surface area contributed by atoms with Gasteiger partial charge < -0.3 is 9.84 Å². The molecule has 0 radical (unpaired) electrons. The minimum atomic E-state index is -0.0876. The Morgan fingerprint density at radius 1 is 1.17 bits per heavy atom. The number of carbonyl (C=O) groups is 1. The third kappa shape index (κ3) is 3.12. The van der Waals surface area contributed by atoms with Crippen molar-refractivity contribution in [1.29, 1.82) is 0 Å². The van der Waals surface area contributed by atoms with Crippen molar-refractivity contribution in [3.8, 4) is 0 Å². The highest BCUT2D eigenvalue weighted by molar-refractivity contribution is 5.74. The van der Waals surface area contributed by atoms with E-state index in [9.17, 15) is 9.90 Å². The lowest BCUT2D eigenvalue weighted by molar-refractivity contribution is -0.174. The first-order valence-electron chi connectivity index (χ1n) is 12.9. The molecule has 0 unspecified atom stereocenters. The largest absolute Gasteiger partial charge is 0.465 e. The summed E-state index contributed by atoms with van der Waals surface area (Å²) in [6.07, 6.45) is 15.2. The van der Waals surface area contributed by atoms with Gasteiger partial charge in [0.2, 0.25) is 0 Å². The maximum atomic E-state index is 12.8. The van der Waals surface area contributed by atoms with E-state index in [1.54, 1.807) is 5.57 Å². The highest BCUT2D eigenvalue weighted by Gasteiger charge is 2.62. The fourth-order valence-corrected chi connectivity index (χ4v) is 8.79. The van der Waals surface area contributed by atoms with Crippen LogP contribution in [0.4, 0.5) is 0 Å². The first kappa shape index (κ1) is 21.0. The molecule has 1 aliphatic heterocycles. The number of hydrogen-bond donors (Lipinski definition) is 1. The molecule has 5 rings (SSSR count). The van der Waals surface area contributed by atoms with Crippen molar-refractivity contribution in [3.63, 3.8) is 0 Å². The molecule has 4 fully saturated rings. The Balaban J connectivity index is 1.40. The molecule has 0 aromatic carbocycles. The summed E-state index contributed by atoms with van der Waals surface area (Å²) < 4.78 is 5.95. The van der Waals surface area contributed by atoms with Gasteiger partial charge in [0.15, 0.2) is 0 Å². The first-order valence-corrected chi connectivity index (χ1v) is 12.9. The van der Waals surface area contributed by atoms with E-state index in [0.717, 1.165) is 38.5 Å². The summed E-state index contributed by atoms with van der Waals surface area (Å²) in [5.41, 5.74) is 2.24. The molecular formula is C27H42O3. The van der Waals surface area contributed by atoms with Gasteiger partial charge in [0.1, 0.15) is 0 Å². The van der Waals surface area contributed by atoms with Crippen molar-refractivity contribution in [3.05, 3.63) is 11.6 Å². The molecule has 3 saturated carbocycles. The van der Waals surface area contributed by atoms with E-state index in [4.69, 9.17) is 4.74 Å². The number of hydrogen-bond acceptors (Lipinski definition) is 3. The van der Waals surface area contributed by atoms with Crippen LogP contribution < -0.4 is 0 Å². The van der Waals surface area contributed by atoms with Gasteiger partial charge >= 0.3 is 5.97 Å². The number of aliphatic hydroxyl groups excluding tert-OH is 1. The van der Waals surface area contributed by atoms with Crippen LogP contribution in [0.5, 0.6) is 0 Å². The van der Waals surface area contributed by atoms with Gasteiger partial charge in [-0.2, -0.15) is 0 Å². The SMILES string of the molecule is CC(C)CCC[C@@H]1C(=O)OC[C@]23CC=C4[C@@H](CC[C@@H]5C[C@H](O)CC[C@]45C)[C@@H]2CC[C@H]13. The van der Waals surface area contributed by atoms with E-state index in [0.29, 0.717) is 41.6 Å². The molecule has 4 aliphatic carbocycles. The average Bonchev–Trinajstić information content (AvgIpc) is 3.10. The molecule has 8 atom stereocenters. The molecule has 3 nitrogen and oxygen atoms in total. The van der Waals surface area contributed by atoms with E-state index in [-0.39, 0.29) is 23.4 Å². The number of allylic oxidation sites excluding steroid dienone is 2. The van der Waals surface area contributed by atoms with Gasteiger partial charge in [0, 0.05) is 5.41 Å². The van der Waals surface area contributed by atoms with Gasteiger partial charge in [0.25, 0.3) is 0 Å². The summed E-state index contributed by atoms with van der Waals surface area (Å²) in [5, 5.41) is 10.3. The fourth-order valence-electron chi connectivity index (χ4n) is 8.79. The Morgan fingerprint density at radius 2 is 1.97 bits per heavy atom. The van der Waals surface area contributed by atoms with Crippen molar-refractivity contribution in [1.82, 2.24) is 0 Å². The molecule has 0 amide bonds. The minimum Gasteiger partial charge on any atom is -0.465 e. The molecule has 0 aromatic heterocycles. The zero-order valence-corrected chi connectivity index (χ0v) is 19.4. The quantitative estimate of drug-likeness (QED) is 0.460. The summed E-state index contributed by atoms with van der Waals surface area (Å²) in [5.74, 6) is 3.52. The molecule has 5 aliphatic rings. The Hall–Kier alpha value is -0.830. The summed E-state index contributed by atoms with van der Waals surface area (Å²) >= 11 is 0. The minimum absolute atomic E-state index is 0.0876. The zero-order valence-electron chi connectivity index (χ0n) is 19.4. The monoisotopic (exact) mass is 414 g/mol. The number of aliphatic hydroxyl groups is 1. The van der Waals surface area contributed by atoms with Gasteiger partial charge in [0.05, 0.1) is 18.6 Å². The summed E-state index contributed by atoms with van der Waals surface area (Å²) in [7, 11) is 0. The maximum absolute atomic E-state index is 12.8. The lowest BCUT2D eigenvalue weighted by Crippen LogP contribution is -2.54. The molecule has 1 spiro atoms. The van der Waals surface area contributed by atoms with Gasteiger partial charge in [-0.15, -0.1) is 0 Å². The molecule has 0 bridgehead atoms. The predicted octanol–water partition coefficient (Wildman–Crippen LogP) is 5.91. The third-order valence-electron chi connectivity index (χ3n) is 10.4. The Labute approximate surface area is 183 Å². The van der Waals surface area contributed by atoms with Crippen LogP contribution in [0, 0.1) is 46.3 Å². The molecule has 3 heteroatoms. The van der Waals surface area contributed by atoms with Crippen LogP contribution in [-0.4, -0.2) is 23.8 Å². The van der Waals surface area contributed by atoms with Gasteiger partial charge in [-0.1, -0.05) is 45.3 Å². The second-order valence-electron chi connectivity index (χ2n) is 12.2. The molecular weight excluding hydrogens is 372 g/mol. The summed E-state index contributed by atoms with van der Waals surface area (Å²) in [4.78, 5) is 12.8. The topological polar surface area (TPSA) is 46.5 Å². The summed E-state index contributed by atoms with van der Waals surface area (Å²) in [6.45, 7) is 7.73. The number of carbonyl (C=O) groups excluding carboxylic acids is 1. The molecule has 168 valence electrons. The molecule has 1 heterocycles. The van der Waals surface area contributed by atoms with Crippen LogP contribution in [-0.2, 0) is 9.53 Å². The van der Waals surface area contributed by atoms with Crippen LogP contribution in [0.15, 0.2) is 11.6 Å². The normalized spacial score (nSPS) is 47.6. The van der Waals surface area contributed by atoms with E-state index in [1.807, 2.05) is 0 Å². The van der Waals surface area contributed by atoms with Gasteiger partial charge in [-0.25, -0.2) is 0 Å². The van der Waals surface area contributed by atoms with Crippen molar-refractivity contribution < 1.29 is 14.6 Å². The van der Waals surface area contributed by atoms with Gasteiger partial charge in [-0.3, -0.25) is 4.79 Å².